The van der Waals surface area contributed by atoms with E-state index in [9.17, 15) is 20.4 Å². The molecule has 529 valence electrons. The van der Waals surface area contributed by atoms with Gasteiger partial charge in [0.05, 0.1) is 48.6 Å². The van der Waals surface area contributed by atoms with Gasteiger partial charge in [-0.3, -0.25) is 18.7 Å². The third-order valence-electron chi connectivity index (χ3n) is 16.1. The van der Waals surface area contributed by atoms with Crippen molar-refractivity contribution in [1.82, 2.24) is 59.1 Å². The summed E-state index contributed by atoms with van der Waals surface area (Å²) in [4.78, 5) is 15.8. The Hall–Kier alpha value is -4.78. The fourth-order valence-corrected chi connectivity index (χ4v) is 9.61. The van der Waals surface area contributed by atoms with Crippen LogP contribution in [0, 0.1) is 42.1 Å². The van der Waals surface area contributed by atoms with Gasteiger partial charge in [-0.05, 0) is 144 Å². The first kappa shape index (κ1) is 86.3. The van der Waals surface area contributed by atoms with Crippen molar-refractivity contribution in [3.63, 3.8) is 0 Å². The summed E-state index contributed by atoms with van der Waals surface area (Å²) in [5.41, 5.74) is 0.192. The monoisotopic (exact) mass is 1490 g/mol. The van der Waals surface area contributed by atoms with Crippen LogP contribution < -0.4 is 37.3 Å². The van der Waals surface area contributed by atoms with E-state index in [-0.39, 0.29) is 38.7 Å². The molecule has 0 bridgehead atoms. The number of benzene rings is 4. The van der Waals surface area contributed by atoms with E-state index >= 15 is 0 Å². The summed E-state index contributed by atoms with van der Waals surface area (Å²) in [7, 11) is -9.89. The molecule has 0 spiro atoms. The molecular formula is C64H88Cl6CuN12O12. The summed E-state index contributed by atoms with van der Waals surface area (Å²) in [5, 5.41) is 63.8. The molecule has 0 aliphatic rings. The van der Waals surface area contributed by atoms with Crippen molar-refractivity contribution in [2.75, 3.05) is 0 Å². The van der Waals surface area contributed by atoms with E-state index in [0.717, 1.165) is 45.8 Å². The van der Waals surface area contributed by atoms with E-state index in [4.69, 9.17) is 83.7 Å². The number of aromatic nitrogens is 12. The van der Waals surface area contributed by atoms with Gasteiger partial charge in [-0.1, -0.05) is 178 Å². The first-order valence-electron chi connectivity index (χ1n) is 29.6. The second-order valence-corrected chi connectivity index (χ2v) is 30.0. The zero-order valence-electron chi connectivity index (χ0n) is 55.3. The molecule has 0 amide bonds. The SMILES string of the molecule is CC(C)(C)[C@@](O)(CCc1ccc(Cl)cc1)Cn1cncn1.CC(C)(C)[C@@](O)(CCc1ccc(Cl)cc1)Cn1cncn1.CC(C)(C)[C@](O)(CCc1ccc(Cl)cc1)Cn1cncn1.CC(C)(C)[C@](O)(CCc1ccc(Cl)cc1)Cn1cncn1.[Cu+2].[O-][Cl+3]([O-])([O-])[O-].[O-][Cl+3]([O-])([O-])[O-]. The minimum absolute atomic E-state index is 0. The number of aliphatic hydroxyl groups is 4. The molecule has 0 fully saturated rings. The Kier molecular flexibility index (Phi) is 34.5. The summed E-state index contributed by atoms with van der Waals surface area (Å²) in [6.07, 6.45) is 18.3. The molecule has 0 aliphatic heterocycles. The quantitative estimate of drug-likeness (QED) is 0.0787. The van der Waals surface area contributed by atoms with Gasteiger partial charge in [-0.15, -0.1) is 20.5 Å². The molecule has 4 heterocycles. The van der Waals surface area contributed by atoms with Crippen molar-refractivity contribution < 1.29 is 95.3 Å². The summed E-state index contributed by atoms with van der Waals surface area (Å²) >= 11 is 23.6. The van der Waals surface area contributed by atoms with Crippen molar-refractivity contribution in [3.8, 4) is 0 Å². The van der Waals surface area contributed by atoms with Crippen molar-refractivity contribution >= 4 is 46.4 Å². The summed E-state index contributed by atoms with van der Waals surface area (Å²) in [6, 6.07) is 31.0. The Labute approximate surface area is 591 Å². The minimum atomic E-state index is -4.94. The van der Waals surface area contributed by atoms with Gasteiger partial charge in [0, 0.05) is 20.1 Å². The molecule has 31 heteroatoms. The van der Waals surface area contributed by atoms with Gasteiger partial charge in [0.15, 0.2) is 0 Å². The molecular weight excluding hydrogens is 1410 g/mol. The Bertz CT molecular complexity index is 2890. The Morgan fingerprint density at radius 2 is 0.463 bits per heavy atom. The number of nitrogens with zero attached hydrogens (tertiary/aromatic N) is 12. The standard InChI is InChI=1S/4C16H22ClN3O.2ClHO4.Cu/c4*1-15(2,3)16(21,10-20-12-18-11-19-20)9-8-13-4-6-14(17)7-5-13;2*2-1(3,4)5;/h4*4-7,11-12,21H,8-10H2,1-3H3;2*(H,2,3,4,5);/q;;;;;;+2/p-2/t4*16-;;;/m1100.../s1. The van der Waals surface area contributed by atoms with Gasteiger partial charge < -0.3 is 20.4 Å². The van der Waals surface area contributed by atoms with Gasteiger partial charge in [-0.25, -0.2) is 57.2 Å². The number of hydrogen-bond acceptors (Lipinski definition) is 20. The maximum absolute atomic E-state index is 11.1. The molecule has 0 aliphatic carbocycles. The van der Waals surface area contributed by atoms with Crippen LogP contribution in [0.1, 0.15) is 131 Å². The molecule has 8 aromatic rings. The molecule has 8 rings (SSSR count). The first-order chi connectivity index (χ1) is 43.2. The first-order valence-corrected chi connectivity index (χ1v) is 33.6. The number of aryl methyl sites for hydroxylation is 4. The van der Waals surface area contributed by atoms with Crippen LogP contribution >= 0.6 is 46.4 Å². The van der Waals surface area contributed by atoms with E-state index in [1.165, 1.54) is 47.6 Å². The molecule has 4 atom stereocenters. The summed E-state index contributed by atoms with van der Waals surface area (Å²) < 4.78 is 74.7. The van der Waals surface area contributed by atoms with Crippen LogP contribution in [-0.2, 0) is 68.9 Å². The molecule has 0 unspecified atom stereocenters. The van der Waals surface area contributed by atoms with Crippen LogP contribution in [0.2, 0.25) is 20.1 Å². The van der Waals surface area contributed by atoms with Crippen LogP contribution in [0.4, 0.5) is 0 Å². The predicted molar refractivity (Wildman–Crippen MR) is 337 cm³/mol. The predicted octanol–water partition coefficient (Wildman–Crippen LogP) is 3.85. The molecule has 4 aromatic carbocycles. The third kappa shape index (κ3) is 33.1. The second-order valence-electron chi connectivity index (χ2n) is 26.8. The normalized spacial score (nSPS) is 14.4. The largest absolute Gasteiger partial charge is 2.00 e. The van der Waals surface area contributed by atoms with Gasteiger partial charge >= 0.3 is 17.1 Å². The van der Waals surface area contributed by atoms with Gasteiger partial charge in [0.25, 0.3) is 0 Å². The van der Waals surface area contributed by atoms with E-state index in [0.29, 0.717) is 51.9 Å². The zero-order valence-corrected chi connectivity index (χ0v) is 60.8. The molecule has 0 saturated heterocycles. The van der Waals surface area contributed by atoms with Crippen molar-refractivity contribution in [2.24, 2.45) is 21.7 Å². The fourth-order valence-electron chi connectivity index (χ4n) is 9.10. The summed E-state index contributed by atoms with van der Waals surface area (Å²) in [6.45, 7) is 26.3. The smallest absolute Gasteiger partial charge is 0.387 e. The molecule has 4 N–H and O–H groups in total. The van der Waals surface area contributed by atoms with Crippen molar-refractivity contribution in [1.29, 1.82) is 0 Å². The Morgan fingerprint density at radius 1 is 0.316 bits per heavy atom. The molecule has 0 saturated carbocycles. The average molecular weight is 1490 g/mol. The molecule has 1 radical (unpaired) electrons. The molecule has 4 aromatic heterocycles. The number of rotatable bonds is 20. The van der Waals surface area contributed by atoms with Crippen LogP contribution in [0.15, 0.2) is 148 Å². The van der Waals surface area contributed by atoms with Crippen molar-refractivity contribution in [3.05, 3.63) is 190 Å². The van der Waals surface area contributed by atoms with Crippen LogP contribution in [-0.4, -0.2) is 102 Å². The van der Waals surface area contributed by atoms with E-state index in [1.807, 2.05) is 180 Å². The third-order valence-corrected chi connectivity index (χ3v) is 17.1. The van der Waals surface area contributed by atoms with Gasteiger partial charge in [-0.2, -0.15) is 20.4 Å². The molecule has 24 nitrogen and oxygen atoms in total. The average Bonchev–Trinajstić information content (AvgIpc) is 1.63. The zero-order chi connectivity index (χ0) is 71.0. The maximum Gasteiger partial charge on any atom is 2.00 e. The van der Waals surface area contributed by atoms with Crippen molar-refractivity contribution in [2.45, 2.75) is 183 Å². The minimum Gasteiger partial charge on any atom is -0.387 e. The summed E-state index contributed by atoms with van der Waals surface area (Å²) in [5.74, 6) is 0. The van der Waals surface area contributed by atoms with Gasteiger partial charge in [0.1, 0.15) is 50.6 Å². The Balaban J connectivity index is 0.000000409. The van der Waals surface area contributed by atoms with Crippen LogP contribution in [0.3, 0.4) is 0 Å². The fraction of sp³-hybridized carbons (Fsp3) is 0.500. The van der Waals surface area contributed by atoms with Gasteiger partial charge in [0.2, 0.25) is 0 Å². The van der Waals surface area contributed by atoms with Crippen LogP contribution in [0.5, 0.6) is 0 Å². The molecule has 95 heavy (non-hydrogen) atoms. The number of hydrogen-bond donors (Lipinski definition) is 4. The second kappa shape index (κ2) is 38.0. The number of halogens is 6. The van der Waals surface area contributed by atoms with E-state index in [2.05, 4.69) is 40.3 Å². The topological polar surface area (TPSA) is 388 Å². The van der Waals surface area contributed by atoms with E-state index < -0.39 is 42.9 Å². The maximum atomic E-state index is 11.1. The Morgan fingerprint density at radius 3 is 0.579 bits per heavy atom. The van der Waals surface area contributed by atoms with Crippen LogP contribution in [0.25, 0.3) is 0 Å². The van der Waals surface area contributed by atoms with E-state index in [1.54, 1.807) is 44.0 Å².